The summed E-state index contributed by atoms with van der Waals surface area (Å²) < 4.78 is 3.69. The molecule has 0 saturated carbocycles. The topological polar surface area (TPSA) is 64.7 Å². The van der Waals surface area contributed by atoms with Crippen LogP contribution >= 0.6 is 11.6 Å². The third kappa shape index (κ3) is 2.85. The first-order valence-electron chi connectivity index (χ1n) is 6.69. The van der Waals surface area contributed by atoms with Gasteiger partial charge in [-0.1, -0.05) is 11.6 Å². The normalized spacial score (nSPS) is 17.8. The number of aromatic nitrogens is 4. The van der Waals surface area contributed by atoms with Crippen LogP contribution in [0.1, 0.15) is 12.1 Å². The smallest absolute Gasteiger partial charge is 0.223 e. The molecule has 1 atom stereocenters. The first-order chi connectivity index (χ1) is 9.72. The molecule has 6 nitrogen and oxygen atoms in total. The van der Waals surface area contributed by atoms with Crippen molar-refractivity contribution >= 4 is 17.5 Å². The number of fused-ring (bicyclic) bond motifs is 1. The summed E-state index contributed by atoms with van der Waals surface area (Å²) in [5.41, 5.74) is 1.13. The lowest BCUT2D eigenvalue weighted by atomic mass is 9.95. The predicted octanol–water partition coefficient (Wildman–Crippen LogP) is 1.11. The number of rotatable bonds is 4. The summed E-state index contributed by atoms with van der Waals surface area (Å²) in [4.78, 5) is 12.1. The third-order valence-corrected chi connectivity index (χ3v) is 3.76. The van der Waals surface area contributed by atoms with Gasteiger partial charge in [-0.05, 0) is 12.5 Å². The molecular weight excluding hydrogens is 278 g/mol. The molecule has 1 amide bonds. The van der Waals surface area contributed by atoms with Crippen molar-refractivity contribution in [2.75, 3.05) is 6.54 Å². The van der Waals surface area contributed by atoms with Crippen molar-refractivity contribution in [1.82, 2.24) is 24.9 Å². The van der Waals surface area contributed by atoms with Gasteiger partial charge in [-0.25, -0.2) is 0 Å². The van der Waals surface area contributed by atoms with Gasteiger partial charge in [0.1, 0.15) is 0 Å². The number of hydrogen-bond acceptors (Lipinski definition) is 3. The van der Waals surface area contributed by atoms with Crippen molar-refractivity contribution in [2.45, 2.75) is 25.9 Å². The third-order valence-electron chi connectivity index (χ3n) is 3.56. The summed E-state index contributed by atoms with van der Waals surface area (Å²) in [7, 11) is 0. The molecule has 0 radical (unpaired) electrons. The zero-order valence-corrected chi connectivity index (χ0v) is 11.8. The zero-order valence-electron chi connectivity index (χ0n) is 11.0. The second-order valence-corrected chi connectivity index (χ2v) is 5.38. The minimum Gasteiger partial charge on any atom is -0.354 e. The van der Waals surface area contributed by atoms with Crippen LogP contribution in [0.15, 0.2) is 24.7 Å². The fourth-order valence-corrected chi connectivity index (χ4v) is 2.65. The molecule has 20 heavy (non-hydrogen) atoms. The van der Waals surface area contributed by atoms with Crippen LogP contribution in [-0.2, 0) is 24.3 Å². The SMILES string of the molecule is O=C(NCCn1cc(Cl)cn1)C1CCn2nccc2C1. The highest BCUT2D eigenvalue weighted by Crippen LogP contribution is 2.19. The average Bonchev–Trinajstić information content (AvgIpc) is 3.06. The number of nitrogens with one attached hydrogen (secondary N) is 1. The van der Waals surface area contributed by atoms with E-state index in [0.717, 1.165) is 25.1 Å². The number of amides is 1. The maximum absolute atomic E-state index is 12.1. The molecule has 1 aliphatic rings. The molecule has 1 N–H and O–H groups in total. The molecule has 0 aromatic carbocycles. The van der Waals surface area contributed by atoms with E-state index in [9.17, 15) is 4.79 Å². The van der Waals surface area contributed by atoms with Crippen molar-refractivity contribution < 1.29 is 4.79 Å². The largest absolute Gasteiger partial charge is 0.354 e. The zero-order chi connectivity index (χ0) is 13.9. The Morgan fingerprint density at radius 2 is 2.40 bits per heavy atom. The minimum atomic E-state index is 0.0420. The van der Waals surface area contributed by atoms with Crippen molar-refractivity contribution in [3.8, 4) is 0 Å². The van der Waals surface area contributed by atoms with Gasteiger partial charge in [0.25, 0.3) is 0 Å². The van der Waals surface area contributed by atoms with Gasteiger partial charge in [0.2, 0.25) is 5.91 Å². The molecule has 3 rings (SSSR count). The van der Waals surface area contributed by atoms with Gasteiger partial charge in [-0.3, -0.25) is 14.2 Å². The van der Waals surface area contributed by atoms with E-state index in [1.165, 1.54) is 0 Å². The number of nitrogens with zero attached hydrogens (tertiary/aromatic N) is 4. The average molecular weight is 294 g/mol. The van der Waals surface area contributed by atoms with Crippen LogP contribution in [0.25, 0.3) is 0 Å². The van der Waals surface area contributed by atoms with Crippen LogP contribution in [0.3, 0.4) is 0 Å². The van der Waals surface area contributed by atoms with Gasteiger partial charge in [-0.2, -0.15) is 10.2 Å². The molecule has 0 saturated heterocycles. The van der Waals surface area contributed by atoms with Gasteiger partial charge in [0.05, 0.1) is 17.8 Å². The van der Waals surface area contributed by atoms with Crippen molar-refractivity contribution in [1.29, 1.82) is 0 Å². The highest BCUT2D eigenvalue weighted by atomic mass is 35.5. The van der Waals surface area contributed by atoms with Gasteiger partial charge >= 0.3 is 0 Å². The fourth-order valence-electron chi connectivity index (χ4n) is 2.49. The Morgan fingerprint density at radius 3 is 3.20 bits per heavy atom. The van der Waals surface area contributed by atoms with Gasteiger partial charge in [0, 0.05) is 43.5 Å². The van der Waals surface area contributed by atoms with Crippen LogP contribution in [-0.4, -0.2) is 32.0 Å². The second kappa shape index (κ2) is 5.66. The van der Waals surface area contributed by atoms with Crippen molar-refractivity contribution in [3.63, 3.8) is 0 Å². The molecule has 1 aliphatic heterocycles. The molecule has 2 aromatic heterocycles. The number of halogens is 1. The van der Waals surface area contributed by atoms with Crippen LogP contribution in [0.4, 0.5) is 0 Å². The van der Waals surface area contributed by atoms with Crippen LogP contribution in [0.2, 0.25) is 5.02 Å². The Bertz CT molecular complexity index is 605. The summed E-state index contributed by atoms with van der Waals surface area (Å²) in [5, 5.41) is 11.9. The predicted molar refractivity (Wildman–Crippen MR) is 74.3 cm³/mol. The van der Waals surface area contributed by atoms with Gasteiger partial charge < -0.3 is 5.32 Å². The van der Waals surface area contributed by atoms with E-state index in [1.807, 2.05) is 10.7 Å². The molecule has 0 fully saturated rings. The lowest BCUT2D eigenvalue weighted by Crippen LogP contribution is -2.37. The molecule has 3 heterocycles. The summed E-state index contributed by atoms with van der Waals surface area (Å²) in [6.07, 6.45) is 6.73. The minimum absolute atomic E-state index is 0.0420. The maximum atomic E-state index is 12.1. The van der Waals surface area contributed by atoms with Crippen LogP contribution < -0.4 is 5.32 Å². The summed E-state index contributed by atoms with van der Waals surface area (Å²) in [5.74, 6) is 0.149. The lowest BCUT2D eigenvalue weighted by molar-refractivity contribution is -0.125. The second-order valence-electron chi connectivity index (χ2n) is 4.95. The Hall–Kier alpha value is -1.82. The molecular formula is C13H16ClN5O. The lowest BCUT2D eigenvalue weighted by Gasteiger charge is -2.22. The van der Waals surface area contributed by atoms with Crippen LogP contribution in [0, 0.1) is 5.92 Å². The first kappa shape index (κ1) is 13.2. The summed E-state index contributed by atoms with van der Waals surface area (Å²) >= 11 is 5.78. The highest BCUT2D eigenvalue weighted by molar-refractivity contribution is 6.30. The standard InChI is InChI=1S/C13H16ClN5O/c14-11-8-17-18(9-11)6-4-15-13(20)10-2-5-19-12(7-10)1-3-16-19/h1,3,8-10H,2,4-7H2,(H,15,20). The van der Waals surface area contributed by atoms with E-state index in [1.54, 1.807) is 23.3 Å². The van der Waals surface area contributed by atoms with Crippen molar-refractivity contribution in [3.05, 3.63) is 35.4 Å². The Morgan fingerprint density at radius 1 is 1.50 bits per heavy atom. The number of carbonyl (C=O) groups excluding carboxylic acids is 1. The molecule has 0 bridgehead atoms. The molecule has 106 valence electrons. The summed E-state index contributed by atoms with van der Waals surface area (Å²) in [6, 6.07) is 1.98. The quantitative estimate of drug-likeness (QED) is 0.918. The number of aryl methyl sites for hydroxylation is 1. The Labute approximate surface area is 121 Å². The molecule has 7 heteroatoms. The highest BCUT2D eigenvalue weighted by Gasteiger charge is 2.24. The van der Waals surface area contributed by atoms with Crippen molar-refractivity contribution in [2.24, 2.45) is 5.92 Å². The number of carbonyl (C=O) groups is 1. The Kier molecular flexibility index (Phi) is 3.73. The maximum Gasteiger partial charge on any atom is 0.223 e. The van der Waals surface area contributed by atoms with Gasteiger partial charge in [0.15, 0.2) is 0 Å². The molecule has 0 spiro atoms. The van der Waals surface area contributed by atoms with E-state index in [0.29, 0.717) is 18.1 Å². The van der Waals surface area contributed by atoms with Crippen LogP contribution in [0.5, 0.6) is 0 Å². The number of hydrogen-bond donors (Lipinski definition) is 1. The first-order valence-corrected chi connectivity index (χ1v) is 7.06. The van der Waals surface area contributed by atoms with E-state index in [2.05, 4.69) is 15.5 Å². The van der Waals surface area contributed by atoms with E-state index >= 15 is 0 Å². The van der Waals surface area contributed by atoms with Gasteiger partial charge in [-0.15, -0.1) is 0 Å². The Balaban J connectivity index is 1.48. The monoisotopic (exact) mass is 293 g/mol. The molecule has 0 aliphatic carbocycles. The van der Waals surface area contributed by atoms with E-state index in [4.69, 9.17) is 11.6 Å². The van der Waals surface area contributed by atoms with E-state index in [-0.39, 0.29) is 11.8 Å². The molecule has 2 aromatic rings. The fraction of sp³-hybridized carbons (Fsp3) is 0.462. The summed E-state index contributed by atoms with van der Waals surface area (Å²) in [6.45, 7) is 2.00. The van der Waals surface area contributed by atoms with E-state index < -0.39 is 0 Å². The molecule has 1 unspecified atom stereocenters.